The number of allylic oxidation sites excluding steroid dienone is 3. The number of hydrogen-bond acceptors (Lipinski definition) is 10. The predicted octanol–water partition coefficient (Wildman–Crippen LogP) is -1.04. The van der Waals surface area contributed by atoms with E-state index >= 15 is 0 Å². The molecule has 2 fully saturated rings. The van der Waals surface area contributed by atoms with Crippen molar-refractivity contribution >= 4 is 0 Å². The third-order valence-corrected chi connectivity index (χ3v) is 5.38. The maximum Gasteiger partial charge on any atom is 0.187 e. The lowest BCUT2D eigenvalue weighted by Crippen LogP contribution is -2.59. The summed E-state index contributed by atoms with van der Waals surface area (Å²) in [6, 6.07) is 0. The van der Waals surface area contributed by atoms with E-state index in [1.807, 2.05) is 26.8 Å². The minimum atomic E-state index is -1.53. The van der Waals surface area contributed by atoms with E-state index in [9.17, 15) is 25.5 Å². The molecule has 6 N–H and O–H groups in total. The van der Waals surface area contributed by atoms with Gasteiger partial charge in [0.2, 0.25) is 0 Å². The van der Waals surface area contributed by atoms with Crippen molar-refractivity contribution in [3.63, 3.8) is 0 Å². The third kappa shape index (κ3) is 7.29. The summed E-state index contributed by atoms with van der Waals surface area (Å²) in [5, 5.41) is 59.3. The van der Waals surface area contributed by atoms with Gasteiger partial charge >= 0.3 is 0 Å². The van der Waals surface area contributed by atoms with Crippen LogP contribution in [0.4, 0.5) is 0 Å². The largest absolute Gasteiger partial charge is 0.394 e. The lowest BCUT2D eigenvalue weighted by atomic mass is 9.99. The number of rotatable bonds is 10. The number of ether oxygens (including phenoxy) is 4. The van der Waals surface area contributed by atoms with Gasteiger partial charge in [0, 0.05) is 0 Å². The molecule has 0 saturated carbocycles. The first-order valence-electron chi connectivity index (χ1n) is 10.5. The standard InChI is InChI=1S/C21H36O10/c1-11(2)5-4-6-12(3)7-8-28-20-19(27)17(25)16(24)14(31-20)10-29-21-18(26)15(23)13(9-22)30-21/h5,7,13-27H,4,6,8-10H2,1-3H3/b12-7-/t13-,14+,15-,16+,17-,18+,19+,20+,21+/m0/s1. The molecule has 180 valence electrons. The molecule has 0 amide bonds. The van der Waals surface area contributed by atoms with E-state index in [0.29, 0.717) is 0 Å². The van der Waals surface area contributed by atoms with Crippen LogP contribution in [0.15, 0.2) is 23.3 Å². The lowest BCUT2D eigenvalue weighted by molar-refractivity contribution is -0.308. The Kier molecular flexibility index (Phi) is 10.5. The lowest BCUT2D eigenvalue weighted by Gasteiger charge is -2.40. The highest BCUT2D eigenvalue weighted by Crippen LogP contribution is 2.26. The Hall–Kier alpha value is -0.920. The summed E-state index contributed by atoms with van der Waals surface area (Å²) in [4.78, 5) is 0. The highest BCUT2D eigenvalue weighted by Gasteiger charge is 2.47. The highest BCUT2D eigenvalue weighted by molar-refractivity contribution is 5.02. The van der Waals surface area contributed by atoms with Crippen LogP contribution in [0.2, 0.25) is 0 Å². The van der Waals surface area contributed by atoms with E-state index in [0.717, 1.165) is 18.4 Å². The first kappa shape index (κ1) is 26.3. The normalized spacial score (nSPS) is 39.0. The van der Waals surface area contributed by atoms with E-state index in [1.54, 1.807) is 0 Å². The molecule has 0 aromatic carbocycles. The third-order valence-electron chi connectivity index (χ3n) is 5.38. The van der Waals surface area contributed by atoms with Crippen molar-refractivity contribution in [2.24, 2.45) is 0 Å². The molecule has 0 aliphatic carbocycles. The topological polar surface area (TPSA) is 158 Å². The Labute approximate surface area is 182 Å². The van der Waals surface area contributed by atoms with E-state index in [4.69, 9.17) is 24.1 Å². The van der Waals surface area contributed by atoms with Crippen molar-refractivity contribution in [3.8, 4) is 0 Å². The summed E-state index contributed by atoms with van der Waals surface area (Å²) in [7, 11) is 0. The Bertz CT molecular complexity index is 605. The van der Waals surface area contributed by atoms with Gasteiger partial charge in [-0.1, -0.05) is 23.3 Å². The summed E-state index contributed by atoms with van der Waals surface area (Å²) in [6.45, 7) is 5.38. The van der Waals surface area contributed by atoms with Crippen LogP contribution in [0.3, 0.4) is 0 Å². The van der Waals surface area contributed by atoms with Gasteiger partial charge in [-0.3, -0.25) is 0 Å². The first-order valence-corrected chi connectivity index (χ1v) is 10.5. The average Bonchev–Trinajstić information content (AvgIpc) is 3.00. The monoisotopic (exact) mass is 448 g/mol. The zero-order valence-corrected chi connectivity index (χ0v) is 18.2. The molecule has 0 radical (unpaired) electrons. The van der Waals surface area contributed by atoms with E-state index in [2.05, 4.69) is 6.08 Å². The second kappa shape index (κ2) is 12.4. The molecule has 0 spiro atoms. The molecule has 10 nitrogen and oxygen atoms in total. The quantitative estimate of drug-likeness (QED) is 0.228. The van der Waals surface area contributed by atoms with Gasteiger partial charge in [0.1, 0.15) is 42.7 Å². The number of aliphatic hydroxyl groups is 6. The van der Waals surface area contributed by atoms with Gasteiger partial charge in [-0.2, -0.15) is 0 Å². The van der Waals surface area contributed by atoms with Gasteiger partial charge in [-0.05, 0) is 33.6 Å². The molecule has 2 aliphatic heterocycles. The van der Waals surface area contributed by atoms with Crippen LogP contribution in [0.5, 0.6) is 0 Å². The van der Waals surface area contributed by atoms with Crippen molar-refractivity contribution in [2.75, 3.05) is 19.8 Å². The van der Waals surface area contributed by atoms with E-state index in [-0.39, 0.29) is 13.2 Å². The van der Waals surface area contributed by atoms with Crippen LogP contribution < -0.4 is 0 Å². The summed E-state index contributed by atoms with van der Waals surface area (Å²) in [5.41, 5.74) is 2.35. The smallest absolute Gasteiger partial charge is 0.187 e. The summed E-state index contributed by atoms with van der Waals surface area (Å²) >= 11 is 0. The van der Waals surface area contributed by atoms with Gasteiger partial charge in [0.25, 0.3) is 0 Å². The molecule has 2 rings (SSSR count). The molecular formula is C21H36O10. The van der Waals surface area contributed by atoms with Gasteiger partial charge in [-0.15, -0.1) is 0 Å². The first-order chi connectivity index (χ1) is 14.6. The molecule has 0 bridgehead atoms. The van der Waals surface area contributed by atoms with E-state index in [1.165, 1.54) is 5.57 Å². The molecular weight excluding hydrogens is 412 g/mol. The molecule has 0 aromatic rings. The Balaban J connectivity index is 1.86. The van der Waals surface area contributed by atoms with Crippen LogP contribution in [-0.4, -0.2) is 106 Å². The van der Waals surface area contributed by atoms with Crippen LogP contribution in [0, 0.1) is 0 Å². The van der Waals surface area contributed by atoms with Crippen molar-refractivity contribution in [1.29, 1.82) is 0 Å². The molecule has 2 aliphatic rings. The molecule has 0 unspecified atom stereocenters. The zero-order chi connectivity index (χ0) is 23.1. The molecule has 10 heteroatoms. The summed E-state index contributed by atoms with van der Waals surface area (Å²) < 4.78 is 21.7. The molecule has 9 atom stereocenters. The van der Waals surface area contributed by atoms with Crippen LogP contribution in [0.1, 0.15) is 33.6 Å². The number of hydrogen-bond donors (Lipinski definition) is 6. The van der Waals surface area contributed by atoms with Gasteiger partial charge < -0.3 is 49.6 Å². The van der Waals surface area contributed by atoms with Gasteiger partial charge in [-0.25, -0.2) is 0 Å². The molecule has 2 saturated heterocycles. The zero-order valence-electron chi connectivity index (χ0n) is 18.2. The fraction of sp³-hybridized carbons (Fsp3) is 0.810. The van der Waals surface area contributed by atoms with Crippen molar-refractivity contribution < 1.29 is 49.6 Å². The van der Waals surface area contributed by atoms with Crippen molar-refractivity contribution in [2.45, 2.75) is 88.9 Å². The maximum atomic E-state index is 10.2. The molecule has 0 aromatic heterocycles. The van der Waals surface area contributed by atoms with Crippen molar-refractivity contribution in [1.82, 2.24) is 0 Å². The van der Waals surface area contributed by atoms with Gasteiger partial charge in [0.15, 0.2) is 12.6 Å². The Morgan fingerprint density at radius 1 is 0.774 bits per heavy atom. The summed E-state index contributed by atoms with van der Waals surface area (Å²) in [6.07, 6.45) is -5.88. The van der Waals surface area contributed by atoms with Crippen LogP contribution in [-0.2, 0) is 18.9 Å². The fourth-order valence-corrected chi connectivity index (χ4v) is 3.36. The fourth-order valence-electron chi connectivity index (χ4n) is 3.36. The predicted molar refractivity (Wildman–Crippen MR) is 109 cm³/mol. The Morgan fingerprint density at radius 2 is 1.35 bits per heavy atom. The molecule has 31 heavy (non-hydrogen) atoms. The Morgan fingerprint density at radius 3 is 1.97 bits per heavy atom. The van der Waals surface area contributed by atoms with Crippen LogP contribution in [0.25, 0.3) is 0 Å². The van der Waals surface area contributed by atoms with E-state index < -0.39 is 61.9 Å². The highest BCUT2D eigenvalue weighted by atomic mass is 16.7. The second-order valence-electron chi connectivity index (χ2n) is 8.26. The minimum absolute atomic E-state index is 0.146. The SMILES string of the molecule is CC(C)=CCC/C(C)=C\CO[C@@H]1O[C@H](CO[C@@H]2O[C@@H](CO)[C@H](O)[C@H]2O)[C@@H](O)[C@H](O)[C@H]1O. The van der Waals surface area contributed by atoms with Crippen molar-refractivity contribution in [3.05, 3.63) is 23.3 Å². The summed E-state index contributed by atoms with van der Waals surface area (Å²) in [5.74, 6) is 0. The van der Waals surface area contributed by atoms with Crippen LogP contribution >= 0.6 is 0 Å². The minimum Gasteiger partial charge on any atom is -0.394 e. The maximum absolute atomic E-state index is 10.2. The number of aliphatic hydroxyl groups excluding tert-OH is 6. The molecule has 2 heterocycles. The average molecular weight is 449 g/mol. The second-order valence-corrected chi connectivity index (χ2v) is 8.26. The van der Waals surface area contributed by atoms with Gasteiger partial charge in [0.05, 0.1) is 19.8 Å².